The monoisotopic (exact) mass is 663 g/mol. The van der Waals surface area contributed by atoms with Gasteiger partial charge in [0.15, 0.2) is 17.5 Å². The van der Waals surface area contributed by atoms with Crippen molar-refractivity contribution < 1.29 is 0 Å². The number of thiophene rings is 1. The van der Waals surface area contributed by atoms with E-state index in [2.05, 4.69) is 135 Å². The highest BCUT2D eigenvalue weighted by Crippen LogP contribution is 2.56. The second-order valence-electron chi connectivity index (χ2n) is 13.4. The van der Waals surface area contributed by atoms with E-state index in [0.717, 1.165) is 47.9 Å². The van der Waals surface area contributed by atoms with Crippen molar-refractivity contribution in [3.63, 3.8) is 0 Å². The Bertz CT molecular complexity index is 2520. The minimum Gasteiger partial charge on any atom is -0.208 e. The van der Waals surface area contributed by atoms with Crippen LogP contribution in [0.4, 0.5) is 0 Å². The molecule has 4 heteroatoms. The second kappa shape index (κ2) is 12.5. The number of fused-ring (bicyclic) bond motifs is 6. The quantitative estimate of drug-likeness (QED) is 0.162. The molecular weight excluding hydrogens is 627 g/mol. The summed E-state index contributed by atoms with van der Waals surface area (Å²) in [7, 11) is 0. The summed E-state index contributed by atoms with van der Waals surface area (Å²) in [6, 6.07) is 50.1. The van der Waals surface area contributed by atoms with E-state index in [0.29, 0.717) is 17.5 Å². The van der Waals surface area contributed by atoms with Gasteiger partial charge < -0.3 is 0 Å². The van der Waals surface area contributed by atoms with Gasteiger partial charge in [-0.05, 0) is 58.4 Å². The summed E-state index contributed by atoms with van der Waals surface area (Å²) >= 11 is 1.86. The number of hydrogen-bond acceptors (Lipinski definition) is 4. The fourth-order valence-corrected chi connectivity index (χ4v) is 9.59. The average molecular weight is 664 g/mol. The maximum absolute atomic E-state index is 5.30. The van der Waals surface area contributed by atoms with Crippen molar-refractivity contribution in [1.82, 2.24) is 15.0 Å². The van der Waals surface area contributed by atoms with Crippen LogP contribution in [0.3, 0.4) is 0 Å². The molecule has 0 saturated heterocycles. The molecule has 0 bridgehead atoms. The van der Waals surface area contributed by atoms with Gasteiger partial charge in [0.2, 0.25) is 0 Å². The first-order chi connectivity index (χ1) is 24.7. The smallest absolute Gasteiger partial charge is 0.164 e. The van der Waals surface area contributed by atoms with Crippen LogP contribution in [0.15, 0.2) is 140 Å². The van der Waals surface area contributed by atoms with Gasteiger partial charge in [-0.3, -0.25) is 0 Å². The zero-order valence-corrected chi connectivity index (χ0v) is 29.2. The third kappa shape index (κ3) is 4.89. The van der Waals surface area contributed by atoms with Crippen molar-refractivity contribution in [1.29, 1.82) is 0 Å². The van der Waals surface area contributed by atoms with Gasteiger partial charge in [-0.2, -0.15) is 0 Å². The van der Waals surface area contributed by atoms with Crippen LogP contribution in [0.2, 0.25) is 0 Å². The Morgan fingerprint density at radius 3 is 1.90 bits per heavy atom. The lowest BCUT2D eigenvalue weighted by Gasteiger charge is -2.32. The predicted octanol–water partition coefficient (Wildman–Crippen LogP) is 12.8. The molecule has 242 valence electrons. The fraction of sp³-hybridized carbons (Fsp3) is 0.152. The Balaban J connectivity index is 1.25. The summed E-state index contributed by atoms with van der Waals surface area (Å²) in [5.74, 6) is 2.07. The van der Waals surface area contributed by atoms with E-state index in [-0.39, 0.29) is 5.41 Å². The zero-order chi connectivity index (χ0) is 33.7. The molecule has 0 aliphatic heterocycles. The van der Waals surface area contributed by atoms with Gasteiger partial charge in [-0.25, -0.2) is 15.0 Å². The van der Waals surface area contributed by atoms with E-state index >= 15 is 0 Å². The van der Waals surface area contributed by atoms with Crippen LogP contribution in [0.25, 0.3) is 76.6 Å². The van der Waals surface area contributed by atoms with E-state index < -0.39 is 0 Å². The molecule has 0 fully saturated rings. The summed E-state index contributed by atoms with van der Waals surface area (Å²) in [5, 5.41) is 2.60. The first-order valence-electron chi connectivity index (χ1n) is 17.7. The average Bonchev–Trinajstić information content (AvgIpc) is 3.69. The highest BCUT2D eigenvalue weighted by Gasteiger charge is 2.42. The molecule has 3 nitrogen and oxygen atoms in total. The van der Waals surface area contributed by atoms with Gasteiger partial charge in [-0.15, -0.1) is 11.3 Å². The normalized spacial score (nSPS) is 13.1. The maximum atomic E-state index is 5.30. The maximum Gasteiger partial charge on any atom is 0.164 e. The third-order valence-electron chi connectivity index (χ3n) is 10.4. The second-order valence-corrected chi connectivity index (χ2v) is 14.4. The molecule has 1 aliphatic carbocycles. The van der Waals surface area contributed by atoms with Gasteiger partial charge in [-0.1, -0.05) is 154 Å². The molecule has 0 atom stereocenters. The summed E-state index contributed by atoms with van der Waals surface area (Å²) in [5.41, 5.74) is 10.8. The van der Waals surface area contributed by atoms with Crippen molar-refractivity contribution in [2.24, 2.45) is 0 Å². The summed E-state index contributed by atoms with van der Waals surface area (Å²) in [6.45, 7) is 4.61. The van der Waals surface area contributed by atoms with E-state index in [1.54, 1.807) is 0 Å². The van der Waals surface area contributed by atoms with Crippen molar-refractivity contribution in [2.75, 3.05) is 0 Å². The molecule has 50 heavy (non-hydrogen) atoms. The number of aromatic nitrogens is 3. The topological polar surface area (TPSA) is 38.7 Å². The molecule has 2 heterocycles. The van der Waals surface area contributed by atoms with E-state index in [1.807, 2.05) is 29.5 Å². The lowest BCUT2D eigenvalue weighted by atomic mass is 9.71. The van der Waals surface area contributed by atoms with Crippen LogP contribution in [-0.4, -0.2) is 15.0 Å². The molecule has 0 unspecified atom stereocenters. The van der Waals surface area contributed by atoms with Crippen LogP contribution >= 0.6 is 11.3 Å². The zero-order valence-electron chi connectivity index (χ0n) is 28.4. The Morgan fingerprint density at radius 1 is 0.480 bits per heavy atom. The summed E-state index contributed by atoms with van der Waals surface area (Å²) in [6.07, 6.45) is 4.48. The lowest BCUT2D eigenvalue weighted by molar-refractivity contribution is 0.436. The van der Waals surface area contributed by atoms with Crippen molar-refractivity contribution in [2.45, 2.75) is 44.9 Å². The largest absolute Gasteiger partial charge is 0.208 e. The Labute approximate surface area is 297 Å². The van der Waals surface area contributed by atoms with Gasteiger partial charge in [0.1, 0.15) is 0 Å². The van der Waals surface area contributed by atoms with E-state index in [9.17, 15) is 0 Å². The number of benzene rings is 6. The van der Waals surface area contributed by atoms with E-state index in [4.69, 9.17) is 15.0 Å². The molecule has 0 spiro atoms. The molecule has 0 N–H and O–H groups in total. The fourth-order valence-electron chi connectivity index (χ4n) is 8.35. The summed E-state index contributed by atoms with van der Waals surface area (Å²) < 4.78 is 2.60. The van der Waals surface area contributed by atoms with Crippen LogP contribution in [0, 0.1) is 0 Å². The molecule has 9 rings (SSSR count). The van der Waals surface area contributed by atoms with Gasteiger partial charge in [0.25, 0.3) is 0 Å². The third-order valence-corrected chi connectivity index (χ3v) is 11.6. The van der Waals surface area contributed by atoms with Gasteiger partial charge in [0, 0.05) is 42.3 Å². The predicted molar refractivity (Wildman–Crippen MR) is 210 cm³/mol. The number of hydrogen-bond donors (Lipinski definition) is 0. The summed E-state index contributed by atoms with van der Waals surface area (Å²) in [4.78, 5) is 15.7. The lowest BCUT2D eigenvalue weighted by Crippen LogP contribution is -2.24. The first-order valence-corrected chi connectivity index (χ1v) is 18.6. The van der Waals surface area contributed by atoms with E-state index in [1.165, 1.54) is 48.0 Å². The van der Waals surface area contributed by atoms with Crippen molar-refractivity contribution in [3.05, 3.63) is 151 Å². The molecule has 8 aromatic rings. The Hall–Kier alpha value is -5.45. The van der Waals surface area contributed by atoms with Gasteiger partial charge >= 0.3 is 0 Å². The molecule has 0 amide bonds. The number of rotatable bonds is 8. The van der Waals surface area contributed by atoms with Crippen LogP contribution in [0.1, 0.15) is 50.7 Å². The minimum atomic E-state index is -0.00843. The SMILES string of the molecule is CCCC1(CCC)c2ccccc2-c2c(-c3nc(-c4ccccc4)nc(-c4cccc(-c5cccc6c5sc5ccccc56)c4)n3)cccc21. The van der Waals surface area contributed by atoms with Crippen LogP contribution < -0.4 is 0 Å². The molecule has 6 aromatic carbocycles. The minimum absolute atomic E-state index is 0.00843. The highest BCUT2D eigenvalue weighted by atomic mass is 32.1. The van der Waals surface area contributed by atoms with Crippen LogP contribution in [-0.2, 0) is 5.41 Å². The molecule has 1 aliphatic rings. The molecule has 0 saturated carbocycles. The Kier molecular flexibility index (Phi) is 7.62. The highest BCUT2D eigenvalue weighted by molar-refractivity contribution is 7.26. The molecule has 2 aromatic heterocycles. The van der Waals surface area contributed by atoms with Crippen molar-refractivity contribution in [3.8, 4) is 56.4 Å². The number of nitrogens with zero attached hydrogens (tertiary/aromatic N) is 3. The standard InChI is InChI=1S/C46H37N3S/c1-3-27-46(28-4-2)38-24-10-8-20-36(38)41-37(23-14-25-39(41)46)45-48-43(30-15-6-5-7-16-30)47-44(49-45)32-18-12-17-31(29-32)33-21-13-22-35-34-19-9-11-26-40(34)50-42(33)35/h5-26,29H,3-4,27-28H2,1-2H3. The van der Waals surface area contributed by atoms with Crippen molar-refractivity contribution >= 4 is 31.5 Å². The van der Waals surface area contributed by atoms with Crippen LogP contribution in [0.5, 0.6) is 0 Å². The first kappa shape index (κ1) is 30.6. The van der Waals surface area contributed by atoms with Gasteiger partial charge in [0.05, 0.1) is 0 Å². The molecule has 0 radical (unpaired) electrons. The molecular formula is C46H37N3S. The Morgan fingerprint density at radius 2 is 1.06 bits per heavy atom.